The van der Waals surface area contributed by atoms with Gasteiger partial charge in [-0.2, -0.15) is 0 Å². The predicted molar refractivity (Wildman–Crippen MR) is 147 cm³/mol. The van der Waals surface area contributed by atoms with Crippen molar-refractivity contribution in [3.63, 3.8) is 0 Å². The molecule has 1 aliphatic carbocycles. The minimum atomic E-state index is -0.362. The van der Waals surface area contributed by atoms with Crippen LogP contribution in [-0.4, -0.2) is 113 Å². The molecule has 0 spiro atoms. The van der Waals surface area contributed by atoms with Crippen molar-refractivity contribution in [3.05, 3.63) is 35.8 Å². The smallest absolute Gasteiger partial charge is 0.321 e. The quantitative estimate of drug-likeness (QED) is 0.275. The summed E-state index contributed by atoms with van der Waals surface area (Å²) in [5.74, 6) is 0.716. The molecule has 3 amide bonds. The third-order valence-electron chi connectivity index (χ3n) is 6.71. The van der Waals surface area contributed by atoms with E-state index in [0.717, 1.165) is 5.70 Å². The molecule has 0 aromatic carbocycles. The number of allylic oxidation sites excluding steroid dienone is 1. The molecule has 39 heavy (non-hydrogen) atoms. The Balaban J connectivity index is 1.28. The molecule has 212 valence electrons. The normalized spacial score (nSPS) is 21.8. The maximum atomic E-state index is 12.9. The van der Waals surface area contributed by atoms with Crippen LogP contribution in [0, 0.1) is 0 Å². The highest BCUT2D eigenvalue weighted by Crippen LogP contribution is 2.25. The number of nitrogen functional groups attached to an aromatic ring is 1. The lowest BCUT2D eigenvalue weighted by molar-refractivity contribution is -0.149. The third-order valence-corrected chi connectivity index (χ3v) is 6.71. The van der Waals surface area contributed by atoms with E-state index in [0.29, 0.717) is 70.3 Å². The third kappa shape index (κ3) is 7.67. The first kappa shape index (κ1) is 28.3. The van der Waals surface area contributed by atoms with Crippen LogP contribution in [0.3, 0.4) is 0 Å². The van der Waals surface area contributed by atoms with E-state index in [1.165, 1.54) is 12.5 Å². The average molecular weight is 544 g/mol. The highest BCUT2D eigenvalue weighted by Gasteiger charge is 2.27. The number of nitrogens with one attached hydrogen (secondary N) is 1. The number of nitrogens with two attached hydrogens (primary N) is 1. The summed E-state index contributed by atoms with van der Waals surface area (Å²) in [6.07, 6.45) is 9.52. The number of hydrogen-bond acceptors (Lipinski definition) is 9. The Hall–Kier alpha value is -3.71. The number of rotatable bonds is 8. The van der Waals surface area contributed by atoms with Crippen molar-refractivity contribution in [2.24, 2.45) is 5.16 Å². The second kappa shape index (κ2) is 12.9. The molecular formula is C26H39N8O5+. The zero-order chi connectivity index (χ0) is 27.8. The van der Waals surface area contributed by atoms with Crippen LogP contribution in [0.15, 0.2) is 35.4 Å². The number of aromatic nitrogens is 2. The van der Waals surface area contributed by atoms with Crippen LogP contribution in [0.1, 0.15) is 32.8 Å². The van der Waals surface area contributed by atoms with Gasteiger partial charge in [-0.25, -0.2) is 14.8 Å². The van der Waals surface area contributed by atoms with E-state index in [1.807, 2.05) is 43.9 Å². The Bertz CT molecular complexity index is 1110. The summed E-state index contributed by atoms with van der Waals surface area (Å²) in [7, 11) is 0. The second-order valence-corrected chi connectivity index (χ2v) is 10.1. The summed E-state index contributed by atoms with van der Waals surface area (Å²) >= 11 is 0. The van der Waals surface area contributed by atoms with Crippen molar-refractivity contribution in [1.29, 1.82) is 0 Å². The maximum Gasteiger partial charge on any atom is 0.321 e. The van der Waals surface area contributed by atoms with Crippen LogP contribution in [-0.2, 0) is 14.4 Å². The number of carbonyl (C=O) groups is 2. The number of morpholine rings is 1. The highest BCUT2D eigenvalue weighted by atomic mass is 16.6. The Labute approximate surface area is 228 Å². The molecule has 13 heteroatoms. The fraction of sp³-hybridized carbons (Fsp3) is 0.577. The summed E-state index contributed by atoms with van der Waals surface area (Å²) in [5, 5.41) is 6.94. The summed E-state index contributed by atoms with van der Waals surface area (Å²) < 4.78 is 10.2. The van der Waals surface area contributed by atoms with Crippen LogP contribution in [0.5, 0.6) is 0 Å². The number of oxime groups is 1. The molecule has 4 rings (SSSR count). The molecule has 0 radical (unpaired) electrons. The van der Waals surface area contributed by atoms with Crippen molar-refractivity contribution in [3.8, 4) is 0 Å². The van der Waals surface area contributed by atoms with Gasteiger partial charge in [-0.1, -0.05) is 17.3 Å². The van der Waals surface area contributed by atoms with Crippen LogP contribution < -0.4 is 16.0 Å². The van der Waals surface area contributed by atoms with Crippen molar-refractivity contribution in [2.75, 3.05) is 69.7 Å². The Morgan fingerprint density at radius 1 is 1.18 bits per heavy atom. The van der Waals surface area contributed by atoms with Crippen LogP contribution in [0.25, 0.3) is 0 Å². The molecule has 0 bridgehead atoms. The van der Waals surface area contributed by atoms with E-state index in [4.69, 9.17) is 15.3 Å². The Morgan fingerprint density at radius 2 is 1.92 bits per heavy atom. The minimum Gasteiger partial charge on any atom is -0.431 e. The number of urea groups is 1. The van der Waals surface area contributed by atoms with Gasteiger partial charge in [-0.15, -0.1) is 0 Å². The molecule has 1 aromatic rings. The molecule has 0 saturated carbocycles. The molecule has 1 unspecified atom stereocenters. The molecule has 2 aliphatic heterocycles. The van der Waals surface area contributed by atoms with Crippen molar-refractivity contribution in [2.45, 2.75) is 38.9 Å². The van der Waals surface area contributed by atoms with Gasteiger partial charge in [0.05, 0.1) is 36.6 Å². The number of carbonyl (C=O) groups excluding carboxylic acids is 2. The zero-order valence-electron chi connectivity index (χ0n) is 22.9. The van der Waals surface area contributed by atoms with Crippen LogP contribution in [0.2, 0.25) is 0 Å². The molecule has 13 nitrogen and oxygen atoms in total. The van der Waals surface area contributed by atoms with Crippen LogP contribution >= 0.6 is 0 Å². The molecule has 3 aliphatic rings. The van der Waals surface area contributed by atoms with Gasteiger partial charge >= 0.3 is 6.03 Å². The number of nitrogens with zero attached hydrogens (tertiary/aromatic N) is 6. The van der Waals surface area contributed by atoms with E-state index < -0.39 is 0 Å². The second-order valence-electron chi connectivity index (χ2n) is 10.1. The average Bonchev–Trinajstić information content (AvgIpc) is 2.93. The first-order valence-electron chi connectivity index (χ1n) is 13.3. The molecule has 3 heterocycles. The summed E-state index contributed by atoms with van der Waals surface area (Å²) in [6, 6.07) is -0.150. The van der Waals surface area contributed by atoms with Crippen molar-refractivity contribution < 1.29 is 23.9 Å². The van der Waals surface area contributed by atoms with Gasteiger partial charge in [0.25, 0.3) is 5.91 Å². The van der Waals surface area contributed by atoms with Gasteiger partial charge in [-0.05, 0) is 26.8 Å². The van der Waals surface area contributed by atoms with E-state index in [1.54, 1.807) is 9.80 Å². The topological polar surface area (TPSA) is 151 Å². The number of hydrogen-bond donors (Lipinski definition) is 2. The summed E-state index contributed by atoms with van der Waals surface area (Å²) in [6.45, 7) is 10.5. The van der Waals surface area contributed by atoms with Gasteiger partial charge in [0.1, 0.15) is 18.0 Å². The summed E-state index contributed by atoms with van der Waals surface area (Å²) in [5.41, 5.74) is 7.01. The standard InChI is InChI=1S/C26H38N8O5/c1-19(2)39-26(3)6-4-20(5-7-26)31-25(36)34-10-8-33(9-11-34)24-21(23(27)28-18-29-24)16-30-38-17-22(35)32-12-14-37-15-13-32/h4-6,16,18-19H,7-15,17H2,1-3H3,(H,31,36)(H2,27,28,29)/p+1/b30-16+. The van der Waals surface area contributed by atoms with E-state index in [9.17, 15) is 9.59 Å². The Morgan fingerprint density at radius 3 is 2.59 bits per heavy atom. The molecule has 4 N–H and O–H groups in total. The highest BCUT2D eigenvalue weighted by molar-refractivity contribution is 5.92. The van der Waals surface area contributed by atoms with Gasteiger partial charge in [0.15, 0.2) is 19.8 Å². The molecule has 2 fully saturated rings. The molecule has 2 saturated heterocycles. The minimum absolute atomic E-state index is 0.121. The molecular weight excluding hydrogens is 504 g/mol. The lowest BCUT2D eigenvalue weighted by Gasteiger charge is -2.36. The first-order valence-corrected chi connectivity index (χ1v) is 13.3. The SMILES string of the molecule is CC(C)OC1(C)C=CC(NC(=O)N2CCN(c3ncnc(N)c3/C=N/OCC(=O)N3CC[OH+]CC3)CC2)=CC1. The van der Waals surface area contributed by atoms with Gasteiger partial charge in [0.2, 0.25) is 0 Å². The van der Waals surface area contributed by atoms with E-state index in [-0.39, 0.29) is 36.1 Å². The Kier molecular flexibility index (Phi) is 9.36. The number of aliphatic hydroxyl groups is 2. The van der Waals surface area contributed by atoms with Crippen molar-refractivity contribution in [1.82, 2.24) is 25.1 Å². The number of piperazine rings is 1. The van der Waals surface area contributed by atoms with Crippen molar-refractivity contribution >= 4 is 29.8 Å². The number of ether oxygens (including phenoxy) is 2. The van der Waals surface area contributed by atoms with Gasteiger partial charge in [-0.3, -0.25) is 4.79 Å². The van der Waals surface area contributed by atoms with Crippen LogP contribution in [0.4, 0.5) is 16.4 Å². The molecule has 1 atom stereocenters. The van der Waals surface area contributed by atoms with E-state index >= 15 is 0 Å². The zero-order valence-corrected chi connectivity index (χ0v) is 22.9. The lowest BCUT2D eigenvalue weighted by atomic mass is 9.96. The number of amides is 3. The monoisotopic (exact) mass is 543 g/mol. The number of anilines is 2. The molecule has 1 aromatic heterocycles. The lowest BCUT2D eigenvalue weighted by Crippen LogP contribution is -2.52. The fourth-order valence-corrected chi connectivity index (χ4v) is 4.66. The van der Waals surface area contributed by atoms with E-state index in [2.05, 4.69) is 25.2 Å². The van der Waals surface area contributed by atoms with Gasteiger partial charge < -0.3 is 40.1 Å². The first-order chi connectivity index (χ1) is 18.7. The largest absolute Gasteiger partial charge is 0.431 e. The fourth-order valence-electron chi connectivity index (χ4n) is 4.66. The maximum absolute atomic E-state index is 12.9. The van der Waals surface area contributed by atoms with Gasteiger partial charge in [0, 0.05) is 38.3 Å². The summed E-state index contributed by atoms with van der Waals surface area (Å²) in [4.78, 5) is 44.3. The predicted octanol–water partition coefficient (Wildman–Crippen LogP) is 0.639.